The first-order valence-corrected chi connectivity index (χ1v) is 7.38. The summed E-state index contributed by atoms with van der Waals surface area (Å²) in [6.45, 7) is 7.56. The van der Waals surface area contributed by atoms with Crippen LogP contribution in [0.1, 0.15) is 45.7 Å². The van der Waals surface area contributed by atoms with Crippen LogP contribution in [0, 0.1) is 11.3 Å². The molecule has 1 aliphatic rings. The van der Waals surface area contributed by atoms with Crippen LogP contribution >= 0.6 is 11.5 Å². The third-order valence-corrected chi connectivity index (χ3v) is 4.37. The average molecular weight is 269 g/mol. The third kappa shape index (κ3) is 3.42. The van der Waals surface area contributed by atoms with Gasteiger partial charge in [-0.05, 0) is 30.6 Å². The highest BCUT2D eigenvalue weighted by Gasteiger charge is 2.32. The number of ether oxygens (including phenoxy) is 1. The summed E-state index contributed by atoms with van der Waals surface area (Å²) in [6.07, 6.45) is 3.96. The Morgan fingerprint density at radius 1 is 1.44 bits per heavy atom. The van der Waals surface area contributed by atoms with Gasteiger partial charge in [0.15, 0.2) is 0 Å². The molecular formula is C13H23N3OS. The number of nitrogens with zero attached hydrogens (tertiary/aromatic N) is 2. The normalized spacial score (nSPS) is 27.1. The van der Waals surface area contributed by atoms with Crippen LogP contribution in [-0.2, 0) is 11.3 Å². The number of hydrogen-bond donors (Lipinski definition) is 1. The predicted octanol–water partition coefficient (Wildman–Crippen LogP) is 3.31. The van der Waals surface area contributed by atoms with E-state index in [-0.39, 0.29) is 0 Å². The maximum absolute atomic E-state index is 6.04. The van der Waals surface area contributed by atoms with Gasteiger partial charge >= 0.3 is 0 Å². The maximum Gasteiger partial charge on any atom is 0.135 e. The molecule has 0 radical (unpaired) electrons. The highest BCUT2D eigenvalue weighted by atomic mass is 32.1. The minimum absolute atomic E-state index is 0.357. The lowest BCUT2D eigenvalue weighted by atomic mass is 9.71. The Morgan fingerprint density at radius 3 is 2.89 bits per heavy atom. The van der Waals surface area contributed by atoms with E-state index < -0.39 is 0 Å². The molecule has 2 unspecified atom stereocenters. The van der Waals surface area contributed by atoms with E-state index in [1.54, 1.807) is 0 Å². The van der Waals surface area contributed by atoms with Gasteiger partial charge in [0.25, 0.3) is 0 Å². The molecule has 4 nitrogen and oxygen atoms in total. The molecule has 1 saturated carbocycles. The van der Waals surface area contributed by atoms with Gasteiger partial charge in [0, 0.05) is 18.6 Å². The average Bonchev–Trinajstić information content (AvgIpc) is 2.70. The van der Waals surface area contributed by atoms with Crippen molar-refractivity contribution in [2.75, 3.05) is 12.4 Å². The van der Waals surface area contributed by atoms with Gasteiger partial charge in [0.05, 0.1) is 12.7 Å². The van der Waals surface area contributed by atoms with Gasteiger partial charge in [0.1, 0.15) is 10.7 Å². The highest BCUT2D eigenvalue weighted by molar-refractivity contribution is 7.10. The van der Waals surface area contributed by atoms with Crippen LogP contribution in [0.4, 0.5) is 5.00 Å². The van der Waals surface area contributed by atoms with Crippen molar-refractivity contribution in [3.05, 3.63) is 5.69 Å². The molecule has 0 saturated heterocycles. The zero-order valence-corrected chi connectivity index (χ0v) is 12.5. The molecule has 2 rings (SSSR count). The first kappa shape index (κ1) is 13.7. The number of nitrogens with one attached hydrogen (secondary N) is 1. The molecule has 0 bridgehead atoms. The Labute approximate surface area is 113 Å². The molecule has 2 atom stereocenters. The molecule has 1 aliphatic carbocycles. The van der Waals surface area contributed by atoms with Gasteiger partial charge in [-0.3, -0.25) is 0 Å². The van der Waals surface area contributed by atoms with E-state index in [1.165, 1.54) is 18.0 Å². The second kappa shape index (κ2) is 5.53. The molecule has 0 aromatic carbocycles. The van der Waals surface area contributed by atoms with Crippen molar-refractivity contribution in [3.63, 3.8) is 0 Å². The van der Waals surface area contributed by atoms with Crippen molar-refractivity contribution in [3.8, 4) is 0 Å². The summed E-state index contributed by atoms with van der Waals surface area (Å²) in [4.78, 5) is 0. The molecule has 0 spiro atoms. The molecule has 0 aliphatic heterocycles. The Balaban J connectivity index is 1.90. The van der Waals surface area contributed by atoms with E-state index in [0.29, 0.717) is 18.1 Å². The molecule has 18 heavy (non-hydrogen) atoms. The molecule has 1 aromatic heterocycles. The Bertz CT molecular complexity index is 391. The van der Waals surface area contributed by atoms with Crippen LogP contribution in [-0.4, -0.2) is 22.7 Å². The van der Waals surface area contributed by atoms with Crippen molar-refractivity contribution >= 4 is 16.5 Å². The number of rotatable bonds is 4. The monoisotopic (exact) mass is 269 g/mol. The zero-order chi connectivity index (χ0) is 13.2. The van der Waals surface area contributed by atoms with Crippen LogP contribution < -0.4 is 5.32 Å². The lowest BCUT2D eigenvalue weighted by Gasteiger charge is -2.38. The van der Waals surface area contributed by atoms with Crippen molar-refractivity contribution in [1.82, 2.24) is 9.59 Å². The van der Waals surface area contributed by atoms with Crippen LogP contribution in [0.15, 0.2) is 0 Å². The van der Waals surface area contributed by atoms with E-state index >= 15 is 0 Å². The zero-order valence-electron chi connectivity index (χ0n) is 11.7. The smallest absolute Gasteiger partial charge is 0.135 e. The summed E-state index contributed by atoms with van der Waals surface area (Å²) < 4.78 is 9.99. The predicted molar refractivity (Wildman–Crippen MR) is 74.8 cm³/mol. The topological polar surface area (TPSA) is 47.0 Å². The minimum Gasteiger partial charge on any atom is -0.377 e. The minimum atomic E-state index is 0.357. The largest absolute Gasteiger partial charge is 0.377 e. The number of anilines is 1. The Kier molecular flexibility index (Phi) is 4.22. The van der Waals surface area contributed by atoms with Crippen molar-refractivity contribution in [2.45, 2.75) is 52.7 Å². The van der Waals surface area contributed by atoms with Crippen LogP contribution in [0.2, 0.25) is 0 Å². The van der Waals surface area contributed by atoms with Crippen LogP contribution in [0.3, 0.4) is 0 Å². The van der Waals surface area contributed by atoms with Gasteiger partial charge in [-0.25, -0.2) is 0 Å². The van der Waals surface area contributed by atoms with E-state index in [4.69, 9.17) is 4.74 Å². The summed E-state index contributed by atoms with van der Waals surface area (Å²) in [7, 11) is 1.89. The molecule has 1 aromatic rings. The summed E-state index contributed by atoms with van der Waals surface area (Å²) >= 11 is 1.38. The first-order valence-electron chi connectivity index (χ1n) is 6.61. The Morgan fingerprint density at radius 2 is 2.22 bits per heavy atom. The van der Waals surface area contributed by atoms with Crippen molar-refractivity contribution < 1.29 is 4.74 Å². The van der Waals surface area contributed by atoms with Gasteiger partial charge < -0.3 is 10.1 Å². The fourth-order valence-electron chi connectivity index (χ4n) is 3.08. The summed E-state index contributed by atoms with van der Waals surface area (Å²) in [5.41, 5.74) is 1.33. The fraction of sp³-hybridized carbons (Fsp3) is 0.846. The lowest BCUT2D eigenvalue weighted by Crippen LogP contribution is -2.32. The first-order chi connectivity index (χ1) is 8.50. The number of aromatic nitrogens is 2. The highest BCUT2D eigenvalue weighted by Crippen LogP contribution is 2.40. The van der Waals surface area contributed by atoms with Crippen LogP contribution in [0.25, 0.3) is 0 Å². The van der Waals surface area contributed by atoms with Crippen LogP contribution in [0.5, 0.6) is 0 Å². The summed E-state index contributed by atoms with van der Waals surface area (Å²) in [5.74, 6) is 0.746. The fourth-order valence-corrected chi connectivity index (χ4v) is 3.59. The van der Waals surface area contributed by atoms with Crippen molar-refractivity contribution in [1.29, 1.82) is 0 Å². The molecule has 1 N–H and O–H groups in total. The molecular weight excluding hydrogens is 246 g/mol. The second-order valence-electron chi connectivity index (χ2n) is 6.15. The quantitative estimate of drug-likeness (QED) is 0.911. The second-order valence-corrected chi connectivity index (χ2v) is 6.90. The molecule has 102 valence electrons. The molecule has 1 fully saturated rings. The van der Waals surface area contributed by atoms with E-state index in [2.05, 4.69) is 35.7 Å². The van der Waals surface area contributed by atoms with Gasteiger partial charge in [-0.15, -0.1) is 5.10 Å². The van der Waals surface area contributed by atoms with Gasteiger partial charge in [-0.2, -0.15) is 0 Å². The SMILES string of the molecule is CNc1snnc1COC1CC(C)CC(C)(C)C1. The maximum atomic E-state index is 6.04. The van der Waals surface area contributed by atoms with E-state index in [1.807, 2.05) is 7.05 Å². The molecule has 5 heteroatoms. The number of hydrogen-bond acceptors (Lipinski definition) is 5. The van der Waals surface area contributed by atoms with Gasteiger partial charge in [0.2, 0.25) is 0 Å². The van der Waals surface area contributed by atoms with Crippen molar-refractivity contribution in [2.24, 2.45) is 11.3 Å². The molecule has 0 amide bonds. The lowest BCUT2D eigenvalue weighted by molar-refractivity contribution is -0.0325. The van der Waals surface area contributed by atoms with Gasteiger partial charge in [-0.1, -0.05) is 25.3 Å². The summed E-state index contributed by atoms with van der Waals surface area (Å²) in [5, 5.41) is 8.22. The summed E-state index contributed by atoms with van der Waals surface area (Å²) in [6, 6.07) is 0. The standard InChI is InChI=1S/C13H23N3OS/c1-9-5-10(7-13(2,3)6-9)17-8-11-12(14-4)18-16-15-11/h9-10,14H,5-8H2,1-4H3. The van der Waals surface area contributed by atoms with E-state index in [0.717, 1.165) is 29.5 Å². The third-order valence-electron chi connectivity index (χ3n) is 3.59. The Hall–Kier alpha value is -0.680. The van der Waals surface area contributed by atoms with E-state index in [9.17, 15) is 0 Å². The molecule has 1 heterocycles.